The molecule has 0 aliphatic rings. The van der Waals surface area contributed by atoms with Gasteiger partial charge in [0, 0.05) is 5.92 Å². The van der Waals surface area contributed by atoms with Crippen molar-refractivity contribution >= 4 is 47.0 Å². The highest BCUT2D eigenvalue weighted by Gasteiger charge is 2.24. The topological polar surface area (TPSA) is 115 Å². The maximum atomic E-state index is 12.1. The molecule has 20 heavy (non-hydrogen) atoms. The Morgan fingerprint density at radius 3 is 2.90 bits per heavy atom. The number of nitrogens with zero attached hydrogens (tertiary/aromatic N) is 1. The fraction of sp³-hybridized carbons (Fsp3) is 0.167. The average molecular weight is 307 g/mol. The lowest BCUT2D eigenvalue weighted by Crippen LogP contribution is -2.23. The van der Waals surface area contributed by atoms with Crippen LogP contribution in [0.2, 0.25) is 0 Å². The summed E-state index contributed by atoms with van der Waals surface area (Å²) in [6.07, 6.45) is 2.23. The predicted octanol–water partition coefficient (Wildman–Crippen LogP) is 0.975. The highest BCUT2D eigenvalue weighted by atomic mass is 32.1. The zero-order valence-corrected chi connectivity index (χ0v) is 11.9. The van der Waals surface area contributed by atoms with E-state index >= 15 is 0 Å². The van der Waals surface area contributed by atoms with Gasteiger partial charge in [0.05, 0.1) is 10.4 Å². The quantitative estimate of drug-likeness (QED) is 0.709. The van der Waals surface area contributed by atoms with Gasteiger partial charge in [-0.2, -0.15) is 4.98 Å². The number of nitrogen functional groups attached to an aromatic ring is 2. The van der Waals surface area contributed by atoms with Gasteiger partial charge >= 0.3 is 0 Å². The number of aromatic amines is 1. The lowest BCUT2D eigenvalue weighted by atomic mass is 9.90. The van der Waals surface area contributed by atoms with Crippen LogP contribution in [0.3, 0.4) is 0 Å². The second-order valence-electron chi connectivity index (χ2n) is 4.01. The first-order valence-corrected chi connectivity index (χ1v) is 6.98. The summed E-state index contributed by atoms with van der Waals surface area (Å²) >= 11 is 6.12. The van der Waals surface area contributed by atoms with Crippen molar-refractivity contribution in [3.63, 3.8) is 0 Å². The van der Waals surface area contributed by atoms with Gasteiger partial charge in [-0.25, -0.2) is 0 Å². The molecule has 0 saturated carbocycles. The van der Waals surface area contributed by atoms with E-state index in [1.165, 1.54) is 16.7 Å². The summed E-state index contributed by atoms with van der Waals surface area (Å²) in [5, 5.41) is 3.24. The molecule has 0 spiro atoms. The van der Waals surface area contributed by atoms with E-state index in [2.05, 4.69) is 9.97 Å². The number of thiocarbonyl (C=S) groups is 1. The van der Waals surface area contributed by atoms with Crippen molar-refractivity contribution in [2.75, 3.05) is 11.5 Å². The van der Waals surface area contributed by atoms with Crippen LogP contribution < -0.4 is 17.0 Å². The van der Waals surface area contributed by atoms with Gasteiger partial charge in [0.2, 0.25) is 12.2 Å². The molecule has 1 radical (unpaired) electrons. The summed E-state index contributed by atoms with van der Waals surface area (Å²) in [6.45, 7) is 0. The van der Waals surface area contributed by atoms with Crippen LogP contribution in [0.1, 0.15) is 28.3 Å². The summed E-state index contributed by atoms with van der Waals surface area (Å²) in [4.78, 5) is 29.7. The minimum absolute atomic E-state index is 0.0381. The van der Waals surface area contributed by atoms with Crippen LogP contribution in [-0.4, -0.2) is 21.6 Å². The number of rotatable bonds is 5. The molecule has 0 aliphatic carbocycles. The monoisotopic (exact) mass is 307 g/mol. The largest absolute Gasteiger partial charge is 0.383 e. The molecule has 8 heteroatoms. The molecule has 2 aromatic heterocycles. The van der Waals surface area contributed by atoms with E-state index in [1.807, 2.05) is 6.29 Å². The zero-order chi connectivity index (χ0) is 14.7. The third-order valence-electron chi connectivity index (χ3n) is 2.85. The van der Waals surface area contributed by atoms with Gasteiger partial charge in [-0.05, 0) is 28.8 Å². The number of thiophene rings is 1. The van der Waals surface area contributed by atoms with E-state index < -0.39 is 11.5 Å². The molecule has 0 aliphatic heterocycles. The molecule has 0 fully saturated rings. The number of aromatic nitrogens is 2. The fourth-order valence-corrected chi connectivity index (χ4v) is 2.97. The Balaban J connectivity index is 2.63. The SMILES string of the molecule is Nc1nc(N)c(C(CC=S)c2ccsc2[C]=O)c(=O)[nH]1. The summed E-state index contributed by atoms with van der Waals surface area (Å²) in [7, 11) is 0. The predicted molar refractivity (Wildman–Crippen MR) is 82.9 cm³/mol. The average Bonchev–Trinajstić information content (AvgIpc) is 2.84. The number of nitrogens with two attached hydrogens (primary N) is 2. The van der Waals surface area contributed by atoms with Crippen LogP contribution in [0, 0.1) is 0 Å². The molecule has 103 valence electrons. The minimum atomic E-state index is -0.438. The third-order valence-corrected chi connectivity index (χ3v) is 3.87. The molecule has 2 heterocycles. The third kappa shape index (κ3) is 2.61. The van der Waals surface area contributed by atoms with E-state index in [0.29, 0.717) is 16.9 Å². The highest BCUT2D eigenvalue weighted by molar-refractivity contribution is 7.78. The molecule has 0 saturated heterocycles. The molecular weight excluding hydrogens is 296 g/mol. The van der Waals surface area contributed by atoms with Crippen molar-refractivity contribution in [1.29, 1.82) is 0 Å². The Morgan fingerprint density at radius 2 is 2.30 bits per heavy atom. The maximum absolute atomic E-state index is 12.1. The number of hydrogen-bond acceptors (Lipinski definition) is 7. The van der Waals surface area contributed by atoms with Gasteiger partial charge in [0.15, 0.2) is 0 Å². The van der Waals surface area contributed by atoms with E-state index in [4.69, 9.17) is 23.7 Å². The van der Waals surface area contributed by atoms with Gasteiger partial charge in [-0.1, -0.05) is 12.2 Å². The summed E-state index contributed by atoms with van der Waals surface area (Å²) in [6, 6.07) is 1.75. The van der Waals surface area contributed by atoms with E-state index in [9.17, 15) is 9.59 Å². The van der Waals surface area contributed by atoms with Crippen LogP contribution in [0.5, 0.6) is 0 Å². The van der Waals surface area contributed by atoms with Crippen LogP contribution in [-0.2, 0) is 4.79 Å². The first kappa shape index (κ1) is 14.4. The standard InChI is InChI=1S/C12H11N4O2S2/c13-10-9(11(18)16-12(14)15-10)7(1-3-19)6-2-4-20-8(6)5-17/h2-4,7H,1H2,(H5,13,14,15,16,18). The van der Waals surface area contributed by atoms with Crippen LogP contribution in [0.25, 0.3) is 0 Å². The Morgan fingerprint density at radius 1 is 1.55 bits per heavy atom. The molecule has 2 rings (SSSR count). The molecule has 0 aromatic carbocycles. The van der Waals surface area contributed by atoms with Crippen molar-refractivity contribution in [2.45, 2.75) is 12.3 Å². The van der Waals surface area contributed by atoms with Gasteiger partial charge in [-0.15, -0.1) is 11.3 Å². The lowest BCUT2D eigenvalue weighted by molar-refractivity contribution is 0.563. The van der Waals surface area contributed by atoms with Gasteiger partial charge in [0.25, 0.3) is 5.56 Å². The Bertz CT molecular complexity index is 708. The summed E-state index contributed by atoms with van der Waals surface area (Å²) in [5.74, 6) is -0.451. The molecule has 5 N–H and O–H groups in total. The Labute approximate surface area is 123 Å². The van der Waals surface area contributed by atoms with Crippen molar-refractivity contribution < 1.29 is 4.79 Å². The number of carbonyl (C=O) groups excluding carboxylic acids is 1. The number of anilines is 2. The zero-order valence-electron chi connectivity index (χ0n) is 10.3. The smallest absolute Gasteiger partial charge is 0.258 e. The van der Waals surface area contributed by atoms with Crippen molar-refractivity contribution in [1.82, 2.24) is 9.97 Å². The summed E-state index contributed by atoms with van der Waals surface area (Å²) in [5.41, 5.74) is 11.7. The maximum Gasteiger partial charge on any atom is 0.258 e. The second-order valence-corrected chi connectivity index (χ2v) is 5.26. The Kier molecular flexibility index (Phi) is 4.26. The van der Waals surface area contributed by atoms with Crippen molar-refractivity contribution in [3.8, 4) is 0 Å². The molecule has 0 bridgehead atoms. The molecule has 6 nitrogen and oxygen atoms in total. The van der Waals surface area contributed by atoms with Gasteiger partial charge in [-0.3, -0.25) is 14.6 Å². The lowest BCUT2D eigenvalue weighted by Gasteiger charge is -2.15. The second kappa shape index (κ2) is 5.93. The van der Waals surface area contributed by atoms with E-state index in [-0.39, 0.29) is 17.3 Å². The van der Waals surface area contributed by atoms with Gasteiger partial charge in [0.1, 0.15) is 5.82 Å². The first-order chi connectivity index (χ1) is 9.58. The minimum Gasteiger partial charge on any atom is -0.383 e. The van der Waals surface area contributed by atoms with Crippen LogP contribution in [0.15, 0.2) is 16.2 Å². The number of H-pyrrole nitrogens is 1. The molecule has 0 amide bonds. The molecule has 1 unspecified atom stereocenters. The van der Waals surface area contributed by atoms with Crippen LogP contribution >= 0.6 is 23.6 Å². The molecular formula is C12H11N4O2S2. The highest BCUT2D eigenvalue weighted by Crippen LogP contribution is 2.32. The molecule has 2 aromatic rings. The normalized spacial score (nSPS) is 12.0. The van der Waals surface area contributed by atoms with E-state index in [1.54, 1.807) is 11.4 Å². The summed E-state index contributed by atoms with van der Waals surface area (Å²) < 4.78 is 0. The van der Waals surface area contributed by atoms with Gasteiger partial charge < -0.3 is 11.5 Å². The first-order valence-electron chi connectivity index (χ1n) is 5.62. The van der Waals surface area contributed by atoms with Crippen molar-refractivity contribution in [3.05, 3.63) is 37.8 Å². The fourth-order valence-electron chi connectivity index (χ4n) is 2.03. The molecule has 1 atom stereocenters. The van der Waals surface area contributed by atoms with Crippen molar-refractivity contribution in [2.24, 2.45) is 0 Å². The van der Waals surface area contributed by atoms with Crippen LogP contribution in [0.4, 0.5) is 11.8 Å². The van der Waals surface area contributed by atoms with E-state index in [0.717, 1.165) is 0 Å². The number of nitrogens with one attached hydrogen (secondary N) is 1. The Hall–Kier alpha value is -2.06. The number of hydrogen-bond donors (Lipinski definition) is 3.